The van der Waals surface area contributed by atoms with Crippen LogP contribution in [-0.4, -0.2) is 20.1 Å². The highest BCUT2D eigenvalue weighted by Gasteiger charge is 2.36. The first-order chi connectivity index (χ1) is 11.8. The van der Waals surface area contributed by atoms with Crippen LogP contribution >= 0.6 is 46.6 Å². The number of fused-ring (bicyclic) bond motifs is 1. The summed E-state index contributed by atoms with van der Waals surface area (Å²) < 4.78 is 3.88. The second kappa shape index (κ2) is 7.46. The maximum absolute atomic E-state index is 12.5. The summed E-state index contributed by atoms with van der Waals surface area (Å²) in [5, 5.41) is 2.17. The molecule has 2 aromatic carbocycles. The van der Waals surface area contributed by atoms with E-state index in [1.807, 2.05) is 37.3 Å². The van der Waals surface area contributed by atoms with Crippen LogP contribution in [0.25, 0.3) is 11.1 Å². The number of benzene rings is 2. The number of carbonyl (C=O) groups excluding carboxylic acids is 1. The summed E-state index contributed by atoms with van der Waals surface area (Å²) >= 11 is 19.2. The van der Waals surface area contributed by atoms with E-state index in [1.54, 1.807) is 18.2 Å². The average Bonchev–Trinajstić information content (AvgIpc) is 2.96. The van der Waals surface area contributed by atoms with Gasteiger partial charge in [0.1, 0.15) is 10.9 Å². The van der Waals surface area contributed by atoms with Crippen LogP contribution < -0.4 is 5.32 Å². The fourth-order valence-electron chi connectivity index (χ4n) is 2.20. The number of thioether (sulfide) groups is 1. The third kappa shape index (κ3) is 4.42. The summed E-state index contributed by atoms with van der Waals surface area (Å²) in [5.41, 5.74) is 2.66. The zero-order valence-corrected chi connectivity index (χ0v) is 16.1. The molecule has 0 saturated carbocycles. The Kier molecular flexibility index (Phi) is 5.49. The lowest BCUT2D eigenvalue weighted by Gasteiger charge is -2.23. The molecule has 0 aliphatic carbocycles. The maximum atomic E-state index is 12.5. The van der Waals surface area contributed by atoms with Gasteiger partial charge in [0.05, 0.1) is 0 Å². The molecule has 0 radical (unpaired) electrons. The summed E-state index contributed by atoms with van der Waals surface area (Å²) in [6.07, 6.45) is 0. The van der Waals surface area contributed by atoms with Gasteiger partial charge in [0.15, 0.2) is 5.58 Å². The van der Waals surface area contributed by atoms with Crippen molar-refractivity contribution in [3.05, 3.63) is 59.7 Å². The smallest absolute Gasteiger partial charge is 0.258 e. The molecule has 8 heteroatoms. The second-order valence-electron chi connectivity index (χ2n) is 5.28. The van der Waals surface area contributed by atoms with Gasteiger partial charge in [-0.15, -0.1) is 0 Å². The molecule has 1 heterocycles. The molecule has 0 saturated heterocycles. The number of hydrogen-bond acceptors (Lipinski definition) is 4. The molecule has 0 aliphatic rings. The number of nitrogens with one attached hydrogen (secondary N) is 1. The zero-order valence-electron chi connectivity index (χ0n) is 13.0. The van der Waals surface area contributed by atoms with Crippen molar-refractivity contribution in [1.29, 1.82) is 0 Å². The van der Waals surface area contributed by atoms with Gasteiger partial charge in [0.2, 0.25) is 3.79 Å². The molecule has 1 amide bonds. The Balaban J connectivity index is 1.83. The molecule has 0 fully saturated rings. The third-order valence-electron chi connectivity index (χ3n) is 3.44. The minimum atomic E-state index is -1.75. The molecule has 0 bridgehead atoms. The van der Waals surface area contributed by atoms with Gasteiger partial charge in [-0.3, -0.25) is 4.79 Å². The summed E-state index contributed by atoms with van der Waals surface area (Å²) in [5.74, 6) is -0.335. The predicted octanol–water partition coefficient (Wildman–Crippen LogP) is 5.35. The SMILES string of the molecule is Cc1ccccc1C(=O)N[C@H](Sc1nc2ccccc2o1)C(Cl)(Cl)Cl. The Bertz CT molecular complexity index is 875. The Hall–Kier alpha value is -1.40. The van der Waals surface area contributed by atoms with Crippen molar-refractivity contribution >= 4 is 63.6 Å². The minimum absolute atomic E-state index is 0.308. The van der Waals surface area contributed by atoms with E-state index >= 15 is 0 Å². The topological polar surface area (TPSA) is 55.1 Å². The van der Waals surface area contributed by atoms with Gasteiger partial charge in [0.25, 0.3) is 11.1 Å². The Morgan fingerprint density at radius 1 is 1.16 bits per heavy atom. The van der Waals surface area contributed by atoms with E-state index in [0.29, 0.717) is 21.9 Å². The number of aryl methyl sites for hydroxylation is 1. The highest BCUT2D eigenvalue weighted by molar-refractivity contribution is 8.00. The zero-order chi connectivity index (χ0) is 18.0. The standard InChI is InChI=1S/C17H13Cl3N2O2S/c1-10-6-2-3-7-11(10)14(23)22-15(17(18,19)20)25-16-21-12-8-4-5-9-13(12)24-16/h2-9,15H,1H3,(H,22,23)/t15-/m1/s1. The Morgan fingerprint density at radius 3 is 2.52 bits per heavy atom. The third-order valence-corrected chi connectivity index (χ3v) is 5.57. The molecule has 1 atom stereocenters. The first-order valence-electron chi connectivity index (χ1n) is 7.30. The van der Waals surface area contributed by atoms with Crippen molar-refractivity contribution in [3.8, 4) is 0 Å². The molecule has 25 heavy (non-hydrogen) atoms. The Morgan fingerprint density at radius 2 is 1.84 bits per heavy atom. The number of oxazole rings is 1. The molecule has 0 spiro atoms. The molecular weight excluding hydrogens is 403 g/mol. The normalized spacial score (nSPS) is 13.0. The molecule has 0 aliphatic heterocycles. The van der Waals surface area contributed by atoms with Gasteiger partial charge in [0, 0.05) is 5.56 Å². The van der Waals surface area contributed by atoms with Gasteiger partial charge in [-0.2, -0.15) is 0 Å². The number of halogens is 3. The molecule has 3 rings (SSSR count). The van der Waals surface area contributed by atoms with Gasteiger partial charge in [-0.25, -0.2) is 4.98 Å². The largest absolute Gasteiger partial charge is 0.431 e. The van der Waals surface area contributed by atoms with Crippen LogP contribution in [0.5, 0.6) is 0 Å². The molecule has 3 aromatic rings. The summed E-state index contributed by atoms with van der Waals surface area (Å²) in [7, 11) is 0. The molecule has 4 nitrogen and oxygen atoms in total. The monoisotopic (exact) mass is 414 g/mol. The number of carbonyl (C=O) groups is 1. The van der Waals surface area contributed by atoms with Gasteiger partial charge in [-0.05, 0) is 42.4 Å². The quantitative estimate of drug-likeness (QED) is 0.354. The van der Waals surface area contributed by atoms with E-state index in [9.17, 15) is 4.79 Å². The number of aromatic nitrogens is 1. The van der Waals surface area contributed by atoms with E-state index in [4.69, 9.17) is 39.2 Å². The Labute approximate surface area is 163 Å². The first kappa shape index (κ1) is 18.4. The number of nitrogens with zero attached hydrogens (tertiary/aromatic N) is 1. The van der Waals surface area contributed by atoms with E-state index in [2.05, 4.69) is 10.3 Å². The lowest BCUT2D eigenvalue weighted by atomic mass is 10.1. The van der Waals surface area contributed by atoms with E-state index in [0.717, 1.165) is 17.3 Å². The van der Waals surface area contributed by atoms with Crippen LogP contribution in [0.3, 0.4) is 0 Å². The maximum Gasteiger partial charge on any atom is 0.258 e. The van der Waals surface area contributed by atoms with Crippen molar-refractivity contribution in [2.24, 2.45) is 0 Å². The van der Waals surface area contributed by atoms with E-state index in [1.165, 1.54) is 0 Å². The van der Waals surface area contributed by atoms with Gasteiger partial charge < -0.3 is 9.73 Å². The lowest BCUT2D eigenvalue weighted by Crippen LogP contribution is -2.41. The van der Waals surface area contributed by atoms with Crippen molar-refractivity contribution in [3.63, 3.8) is 0 Å². The van der Waals surface area contributed by atoms with Crippen molar-refractivity contribution in [1.82, 2.24) is 10.3 Å². The molecule has 1 aromatic heterocycles. The fourth-order valence-corrected chi connectivity index (χ4v) is 3.56. The van der Waals surface area contributed by atoms with Crippen molar-refractivity contribution < 1.29 is 9.21 Å². The van der Waals surface area contributed by atoms with Crippen LogP contribution in [0.15, 0.2) is 58.2 Å². The van der Waals surface area contributed by atoms with Gasteiger partial charge in [-0.1, -0.05) is 65.1 Å². The van der Waals surface area contributed by atoms with Crippen molar-refractivity contribution in [2.75, 3.05) is 0 Å². The number of alkyl halides is 3. The summed E-state index contributed by atoms with van der Waals surface area (Å²) in [4.78, 5) is 16.9. The summed E-state index contributed by atoms with van der Waals surface area (Å²) in [6, 6.07) is 14.5. The average molecular weight is 416 g/mol. The predicted molar refractivity (Wildman–Crippen MR) is 103 cm³/mol. The molecular formula is C17H13Cl3N2O2S. The minimum Gasteiger partial charge on any atom is -0.431 e. The number of para-hydroxylation sites is 2. The van der Waals surface area contributed by atoms with Crippen LogP contribution in [0.2, 0.25) is 0 Å². The second-order valence-corrected chi connectivity index (χ2v) is 8.70. The van der Waals surface area contributed by atoms with Crippen LogP contribution in [-0.2, 0) is 0 Å². The number of rotatable bonds is 4. The van der Waals surface area contributed by atoms with Gasteiger partial charge >= 0.3 is 0 Å². The van der Waals surface area contributed by atoms with Crippen LogP contribution in [0.4, 0.5) is 0 Å². The molecule has 0 unspecified atom stereocenters. The van der Waals surface area contributed by atoms with E-state index < -0.39 is 9.17 Å². The van der Waals surface area contributed by atoms with E-state index in [-0.39, 0.29) is 5.91 Å². The highest BCUT2D eigenvalue weighted by atomic mass is 35.6. The van der Waals surface area contributed by atoms with Crippen LogP contribution in [0, 0.1) is 6.92 Å². The molecule has 130 valence electrons. The molecule has 1 N–H and O–H groups in total. The number of hydrogen-bond donors (Lipinski definition) is 1. The summed E-state index contributed by atoms with van der Waals surface area (Å²) in [6.45, 7) is 1.84. The van der Waals surface area contributed by atoms with Crippen molar-refractivity contribution in [2.45, 2.75) is 21.3 Å². The van der Waals surface area contributed by atoms with Crippen LogP contribution in [0.1, 0.15) is 15.9 Å². The lowest BCUT2D eigenvalue weighted by molar-refractivity contribution is 0.0949. The highest BCUT2D eigenvalue weighted by Crippen LogP contribution is 2.39. The fraction of sp³-hybridized carbons (Fsp3) is 0.176. The number of amides is 1. The first-order valence-corrected chi connectivity index (χ1v) is 9.31.